The number of anilines is 2. The van der Waals surface area contributed by atoms with E-state index in [1.165, 1.54) is 0 Å². The molecule has 2 aromatic carbocycles. The van der Waals surface area contributed by atoms with Gasteiger partial charge in [0, 0.05) is 50.0 Å². The third-order valence-corrected chi connectivity index (χ3v) is 9.40. The van der Waals surface area contributed by atoms with Gasteiger partial charge in [-0.25, -0.2) is 4.79 Å². The van der Waals surface area contributed by atoms with Crippen molar-refractivity contribution in [3.8, 4) is 5.75 Å². The molecular weight excluding hydrogens is 596 g/mol. The van der Waals surface area contributed by atoms with E-state index in [2.05, 4.69) is 10.6 Å². The van der Waals surface area contributed by atoms with Crippen LogP contribution in [0.5, 0.6) is 5.75 Å². The summed E-state index contributed by atoms with van der Waals surface area (Å²) in [5.41, 5.74) is 2.72. The van der Waals surface area contributed by atoms with Crippen LogP contribution in [0.2, 0.25) is 0 Å². The Morgan fingerprint density at radius 2 is 1.66 bits per heavy atom. The van der Waals surface area contributed by atoms with Gasteiger partial charge in [-0.05, 0) is 83.2 Å². The average Bonchev–Trinajstić information content (AvgIpc) is 3.07. The van der Waals surface area contributed by atoms with Gasteiger partial charge in [0.1, 0.15) is 5.75 Å². The Kier molecular flexibility index (Phi) is 13.5. The minimum Gasteiger partial charge on any atom is -0.490 e. The van der Waals surface area contributed by atoms with Crippen LogP contribution in [0.4, 0.5) is 16.2 Å². The Morgan fingerprint density at radius 3 is 2.36 bits per heavy atom. The average molecular weight is 651 g/mol. The molecule has 1 fully saturated rings. The molecule has 258 valence electrons. The van der Waals surface area contributed by atoms with Crippen LogP contribution in [-0.4, -0.2) is 84.4 Å². The molecular formula is C37H54N4O6. The number of amides is 4. The zero-order valence-electron chi connectivity index (χ0n) is 28.8. The molecule has 1 aliphatic heterocycles. The minimum atomic E-state index is -0.494. The van der Waals surface area contributed by atoms with Crippen molar-refractivity contribution < 1.29 is 29.0 Å². The number of urea groups is 1. The Hall–Kier alpha value is -3.63. The van der Waals surface area contributed by atoms with Crippen molar-refractivity contribution in [2.45, 2.75) is 97.3 Å². The van der Waals surface area contributed by atoms with Gasteiger partial charge >= 0.3 is 6.03 Å². The summed E-state index contributed by atoms with van der Waals surface area (Å²) in [6, 6.07) is 12.2. The number of aryl methyl sites for hydroxylation is 1. The number of hydrogen-bond donors (Lipinski definition) is 3. The summed E-state index contributed by atoms with van der Waals surface area (Å²) in [4.78, 5) is 43.8. The van der Waals surface area contributed by atoms with Crippen molar-refractivity contribution in [3.05, 3.63) is 53.6 Å². The quantitative estimate of drug-likeness (QED) is 0.316. The predicted molar refractivity (Wildman–Crippen MR) is 185 cm³/mol. The maximum absolute atomic E-state index is 14.4. The molecule has 2 aromatic rings. The van der Waals surface area contributed by atoms with E-state index in [-0.39, 0.29) is 55.0 Å². The Balaban J connectivity index is 1.57. The first-order valence-corrected chi connectivity index (χ1v) is 17.3. The van der Waals surface area contributed by atoms with E-state index >= 15 is 0 Å². The van der Waals surface area contributed by atoms with Gasteiger partial charge in [-0.2, -0.15) is 0 Å². The molecule has 10 nitrogen and oxygen atoms in total. The summed E-state index contributed by atoms with van der Waals surface area (Å²) in [5.74, 6) is -0.0563. The number of nitrogens with one attached hydrogen (secondary N) is 2. The molecule has 0 radical (unpaired) electrons. The molecule has 0 bridgehead atoms. The summed E-state index contributed by atoms with van der Waals surface area (Å²) in [6.07, 6.45) is 6.98. The van der Waals surface area contributed by atoms with E-state index in [0.717, 1.165) is 56.9 Å². The SMILES string of the molecule is Cc1ccc(NC(=O)N(C)C[C@@H]2OCCCC[C@H](C)Oc3ccc(NC(=O)C4CCCCC4)cc3C(=O)N([C@H](C)CO)C[C@@H]2C)cc1. The van der Waals surface area contributed by atoms with E-state index in [1.54, 1.807) is 35.0 Å². The van der Waals surface area contributed by atoms with Crippen LogP contribution < -0.4 is 15.4 Å². The molecule has 2 aliphatic rings. The molecule has 0 aromatic heterocycles. The highest BCUT2D eigenvalue weighted by molar-refractivity contribution is 6.00. The second-order valence-electron chi connectivity index (χ2n) is 13.5. The fraction of sp³-hybridized carbons (Fsp3) is 0.595. The second kappa shape index (κ2) is 17.5. The fourth-order valence-electron chi connectivity index (χ4n) is 6.28. The molecule has 0 saturated heterocycles. The maximum Gasteiger partial charge on any atom is 0.321 e. The molecule has 1 heterocycles. The van der Waals surface area contributed by atoms with Crippen LogP contribution in [0.1, 0.15) is 88.1 Å². The van der Waals surface area contributed by atoms with Crippen LogP contribution in [0.3, 0.4) is 0 Å². The molecule has 1 saturated carbocycles. The lowest BCUT2D eigenvalue weighted by atomic mass is 9.88. The van der Waals surface area contributed by atoms with Crippen LogP contribution in [-0.2, 0) is 9.53 Å². The van der Waals surface area contributed by atoms with E-state index in [4.69, 9.17) is 9.47 Å². The summed E-state index contributed by atoms with van der Waals surface area (Å²) in [6.45, 7) is 8.69. The number of benzene rings is 2. The van der Waals surface area contributed by atoms with Gasteiger partial charge in [0.25, 0.3) is 5.91 Å². The molecule has 0 unspecified atom stereocenters. The Bertz CT molecular complexity index is 1330. The van der Waals surface area contributed by atoms with Crippen molar-refractivity contribution in [3.63, 3.8) is 0 Å². The number of carbonyl (C=O) groups is 3. The van der Waals surface area contributed by atoms with E-state index in [9.17, 15) is 19.5 Å². The topological polar surface area (TPSA) is 120 Å². The zero-order chi connectivity index (χ0) is 33.9. The van der Waals surface area contributed by atoms with E-state index < -0.39 is 6.04 Å². The molecule has 3 N–H and O–H groups in total. The number of rotatable bonds is 7. The normalized spacial score (nSPS) is 22.3. The zero-order valence-corrected chi connectivity index (χ0v) is 28.8. The van der Waals surface area contributed by atoms with Gasteiger partial charge in [0.05, 0.1) is 30.4 Å². The lowest BCUT2D eigenvalue weighted by Crippen LogP contribution is -2.48. The molecule has 4 amide bonds. The summed E-state index contributed by atoms with van der Waals surface area (Å²) in [5, 5.41) is 16.2. The number of fused-ring (bicyclic) bond motifs is 1. The number of ether oxygens (including phenoxy) is 2. The third kappa shape index (κ3) is 10.4. The van der Waals surface area contributed by atoms with Crippen LogP contribution in [0.15, 0.2) is 42.5 Å². The first-order valence-electron chi connectivity index (χ1n) is 17.3. The first kappa shape index (κ1) is 36.2. The summed E-state index contributed by atoms with van der Waals surface area (Å²) < 4.78 is 12.7. The number of carbonyl (C=O) groups excluding carboxylic acids is 3. The van der Waals surface area contributed by atoms with Crippen molar-refractivity contribution in [1.29, 1.82) is 0 Å². The van der Waals surface area contributed by atoms with Crippen molar-refractivity contribution in [1.82, 2.24) is 9.80 Å². The monoisotopic (exact) mass is 650 g/mol. The number of nitrogens with zero attached hydrogens (tertiary/aromatic N) is 2. The number of hydrogen-bond acceptors (Lipinski definition) is 6. The molecule has 4 rings (SSSR count). The Morgan fingerprint density at radius 1 is 0.979 bits per heavy atom. The largest absolute Gasteiger partial charge is 0.490 e. The highest BCUT2D eigenvalue weighted by Crippen LogP contribution is 2.30. The molecule has 47 heavy (non-hydrogen) atoms. The standard InChI is InChI=1S/C37H54N4O6/c1-25-14-16-30(17-15-25)39-37(45)40(5)23-34-26(2)22-41(27(3)24-42)36(44)32-21-31(38-35(43)29-12-7-6-8-13-29)18-19-33(32)47-28(4)11-9-10-20-46-34/h14-19,21,26-29,34,42H,6-13,20,22-24H2,1-5H3,(H,38,43)(H,39,45)/t26-,27+,28-,34-/m0/s1. The summed E-state index contributed by atoms with van der Waals surface area (Å²) >= 11 is 0. The molecule has 4 atom stereocenters. The lowest BCUT2D eigenvalue weighted by molar-refractivity contribution is -0.120. The van der Waals surface area contributed by atoms with Crippen molar-refractivity contribution >= 4 is 29.2 Å². The van der Waals surface area contributed by atoms with Gasteiger partial charge in [-0.15, -0.1) is 0 Å². The maximum atomic E-state index is 14.4. The van der Waals surface area contributed by atoms with Crippen LogP contribution >= 0.6 is 0 Å². The van der Waals surface area contributed by atoms with Gasteiger partial charge in [0.15, 0.2) is 0 Å². The van der Waals surface area contributed by atoms with Gasteiger partial charge in [0.2, 0.25) is 5.91 Å². The fourth-order valence-corrected chi connectivity index (χ4v) is 6.28. The second-order valence-corrected chi connectivity index (χ2v) is 13.5. The molecule has 0 spiro atoms. The van der Waals surface area contributed by atoms with Gasteiger partial charge < -0.3 is 35.0 Å². The van der Waals surface area contributed by atoms with Gasteiger partial charge in [-0.3, -0.25) is 9.59 Å². The van der Waals surface area contributed by atoms with Gasteiger partial charge in [-0.1, -0.05) is 43.9 Å². The van der Waals surface area contributed by atoms with Crippen LogP contribution in [0, 0.1) is 18.8 Å². The first-order chi connectivity index (χ1) is 22.5. The summed E-state index contributed by atoms with van der Waals surface area (Å²) in [7, 11) is 1.74. The highest BCUT2D eigenvalue weighted by Gasteiger charge is 2.31. The Labute approximate surface area is 280 Å². The smallest absolute Gasteiger partial charge is 0.321 e. The number of likely N-dealkylation sites (N-methyl/N-ethyl adjacent to an activating group) is 1. The third-order valence-electron chi connectivity index (χ3n) is 9.40. The highest BCUT2D eigenvalue weighted by atomic mass is 16.5. The molecule has 1 aliphatic carbocycles. The van der Waals surface area contributed by atoms with Crippen molar-refractivity contribution in [2.75, 3.05) is 44.0 Å². The number of aliphatic hydroxyl groups is 1. The molecule has 10 heteroatoms. The number of aliphatic hydroxyl groups excluding tert-OH is 1. The van der Waals surface area contributed by atoms with E-state index in [0.29, 0.717) is 35.8 Å². The lowest BCUT2D eigenvalue weighted by Gasteiger charge is -2.35. The minimum absolute atomic E-state index is 0.0167. The van der Waals surface area contributed by atoms with Crippen LogP contribution in [0.25, 0.3) is 0 Å². The predicted octanol–water partition coefficient (Wildman–Crippen LogP) is 6.47. The van der Waals surface area contributed by atoms with Crippen molar-refractivity contribution in [2.24, 2.45) is 11.8 Å². The van der Waals surface area contributed by atoms with E-state index in [1.807, 2.05) is 52.0 Å².